The minimum Gasteiger partial charge on any atom is -0.397 e. The van der Waals surface area contributed by atoms with Crippen molar-refractivity contribution in [2.75, 3.05) is 11.1 Å². The van der Waals surface area contributed by atoms with Crippen LogP contribution in [-0.4, -0.2) is 5.11 Å². The molecular formula is C18H21N3S. The molecule has 114 valence electrons. The van der Waals surface area contributed by atoms with Gasteiger partial charge in [0.1, 0.15) is 0 Å². The van der Waals surface area contributed by atoms with Crippen molar-refractivity contribution in [2.24, 2.45) is 5.73 Å². The third kappa shape index (κ3) is 2.66. The Hall–Kier alpha value is -2.07. The summed E-state index contributed by atoms with van der Waals surface area (Å²) in [5, 5.41) is 3.19. The van der Waals surface area contributed by atoms with Gasteiger partial charge < -0.3 is 16.8 Å². The number of nitrogens with two attached hydrogens (primary N) is 2. The first-order valence-corrected chi connectivity index (χ1v) is 8.11. The van der Waals surface area contributed by atoms with E-state index in [1.165, 1.54) is 40.7 Å². The van der Waals surface area contributed by atoms with E-state index >= 15 is 0 Å². The average molecular weight is 311 g/mol. The minimum absolute atomic E-state index is 0.240. The Bertz CT molecular complexity index is 737. The van der Waals surface area contributed by atoms with Gasteiger partial charge in [0.15, 0.2) is 5.11 Å². The van der Waals surface area contributed by atoms with Gasteiger partial charge >= 0.3 is 0 Å². The topological polar surface area (TPSA) is 64.1 Å². The molecule has 1 aliphatic rings. The minimum atomic E-state index is 0.240. The molecular weight excluding hydrogens is 290 g/mol. The van der Waals surface area contributed by atoms with Crippen LogP contribution in [-0.2, 0) is 12.8 Å². The molecule has 2 aromatic carbocycles. The standard InChI is InChI=1S/C18H21N3S/c1-2-3-4-11-5-6-13-12(9-11)10-15-14(13)7-8-16(17(15)19)21-18(20)22/h5-9H,2-4,10,19H2,1H3,(H3,20,21,22). The van der Waals surface area contributed by atoms with Gasteiger partial charge in [-0.25, -0.2) is 0 Å². The van der Waals surface area contributed by atoms with Gasteiger partial charge in [0.05, 0.1) is 11.4 Å². The smallest absolute Gasteiger partial charge is 0.168 e. The van der Waals surface area contributed by atoms with Crippen LogP contribution in [0.5, 0.6) is 0 Å². The van der Waals surface area contributed by atoms with Gasteiger partial charge in [0.25, 0.3) is 0 Å². The predicted octanol–water partition coefficient (Wildman–Crippen LogP) is 3.84. The lowest BCUT2D eigenvalue weighted by molar-refractivity contribution is 0.794. The average Bonchev–Trinajstić information content (AvgIpc) is 2.86. The first-order chi connectivity index (χ1) is 10.6. The van der Waals surface area contributed by atoms with E-state index in [0.29, 0.717) is 0 Å². The Balaban J connectivity index is 1.95. The second-order valence-corrected chi connectivity index (χ2v) is 6.25. The van der Waals surface area contributed by atoms with Crippen molar-refractivity contribution >= 4 is 28.7 Å². The number of hydrogen-bond donors (Lipinski definition) is 3. The summed E-state index contributed by atoms with van der Waals surface area (Å²) < 4.78 is 0. The van der Waals surface area contributed by atoms with Gasteiger partial charge in [0.2, 0.25) is 0 Å². The summed E-state index contributed by atoms with van der Waals surface area (Å²) in [5.74, 6) is 0. The van der Waals surface area contributed by atoms with Crippen LogP contribution in [0.25, 0.3) is 11.1 Å². The van der Waals surface area contributed by atoms with Crippen molar-refractivity contribution in [3.05, 3.63) is 47.0 Å². The highest BCUT2D eigenvalue weighted by Crippen LogP contribution is 2.42. The zero-order chi connectivity index (χ0) is 15.7. The van der Waals surface area contributed by atoms with Crippen LogP contribution < -0.4 is 16.8 Å². The molecule has 0 radical (unpaired) electrons. The summed E-state index contributed by atoms with van der Waals surface area (Å²) in [5.41, 5.74) is 19.9. The van der Waals surface area contributed by atoms with Crippen molar-refractivity contribution in [1.82, 2.24) is 0 Å². The van der Waals surface area contributed by atoms with E-state index in [9.17, 15) is 0 Å². The molecule has 0 unspecified atom stereocenters. The SMILES string of the molecule is CCCCc1ccc2c(c1)Cc1c-2ccc(NC(N)=S)c1N. The van der Waals surface area contributed by atoms with E-state index < -0.39 is 0 Å². The van der Waals surface area contributed by atoms with Gasteiger partial charge in [0, 0.05) is 6.42 Å². The first-order valence-electron chi connectivity index (χ1n) is 7.70. The second kappa shape index (κ2) is 5.97. The first kappa shape index (κ1) is 14.9. The van der Waals surface area contributed by atoms with Crippen molar-refractivity contribution in [2.45, 2.75) is 32.6 Å². The number of rotatable bonds is 4. The molecule has 0 aromatic heterocycles. The fourth-order valence-electron chi connectivity index (χ4n) is 3.13. The van der Waals surface area contributed by atoms with Crippen molar-refractivity contribution in [3.8, 4) is 11.1 Å². The van der Waals surface area contributed by atoms with Crippen LogP contribution in [0.15, 0.2) is 30.3 Å². The Kier molecular flexibility index (Phi) is 4.03. The number of thiocarbonyl (C=S) groups is 1. The summed E-state index contributed by atoms with van der Waals surface area (Å²) in [6, 6.07) is 10.8. The Morgan fingerprint density at radius 1 is 1.23 bits per heavy atom. The third-order valence-corrected chi connectivity index (χ3v) is 4.36. The number of benzene rings is 2. The molecule has 3 nitrogen and oxygen atoms in total. The molecule has 0 saturated heterocycles. The highest BCUT2D eigenvalue weighted by Gasteiger charge is 2.22. The largest absolute Gasteiger partial charge is 0.397 e. The van der Waals surface area contributed by atoms with Crippen LogP contribution in [0.4, 0.5) is 11.4 Å². The predicted molar refractivity (Wildman–Crippen MR) is 98.1 cm³/mol. The quantitative estimate of drug-likeness (QED) is 0.506. The van der Waals surface area contributed by atoms with Crippen LogP contribution >= 0.6 is 12.2 Å². The number of fused-ring (bicyclic) bond motifs is 3. The highest BCUT2D eigenvalue weighted by molar-refractivity contribution is 7.80. The summed E-state index contributed by atoms with van der Waals surface area (Å²) in [4.78, 5) is 0. The summed E-state index contributed by atoms with van der Waals surface area (Å²) in [6.07, 6.45) is 4.47. The van der Waals surface area contributed by atoms with Gasteiger partial charge in [-0.2, -0.15) is 0 Å². The van der Waals surface area contributed by atoms with Gasteiger partial charge in [-0.1, -0.05) is 37.6 Å². The number of anilines is 2. The fraction of sp³-hybridized carbons (Fsp3) is 0.278. The summed E-state index contributed by atoms with van der Waals surface area (Å²) in [7, 11) is 0. The number of nitrogens with one attached hydrogen (secondary N) is 1. The zero-order valence-corrected chi connectivity index (χ0v) is 13.6. The maximum Gasteiger partial charge on any atom is 0.168 e. The molecule has 22 heavy (non-hydrogen) atoms. The molecule has 0 heterocycles. The van der Waals surface area contributed by atoms with E-state index in [1.54, 1.807) is 0 Å². The molecule has 5 N–H and O–H groups in total. The number of hydrogen-bond acceptors (Lipinski definition) is 2. The Labute approximate surface area is 136 Å². The molecule has 0 aliphatic heterocycles. The molecule has 0 amide bonds. The monoisotopic (exact) mass is 311 g/mol. The Morgan fingerprint density at radius 3 is 2.73 bits per heavy atom. The lowest BCUT2D eigenvalue weighted by Crippen LogP contribution is -2.20. The van der Waals surface area contributed by atoms with Crippen LogP contribution in [0.3, 0.4) is 0 Å². The van der Waals surface area contributed by atoms with Gasteiger partial charge in [-0.15, -0.1) is 0 Å². The highest BCUT2D eigenvalue weighted by atomic mass is 32.1. The molecule has 0 bridgehead atoms. The van der Waals surface area contributed by atoms with Crippen LogP contribution in [0.1, 0.15) is 36.5 Å². The molecule has 3 rings (SSSR count). The molecule has 2 aromatic rings. The third-order valence-electron chi connectivity index (χ3n) is 4.26. The molecule has 0 fully saturated rings. The van der Waals surface area contributed by atoms with Crippen LogP contribution in [0.2, 0.25) is 0 Å². The molecule has 0 atom stereocenters. The lowest BCUT2D eigenvalue weighted by atomic mass is 10.0. The molecule has 0 saturated carbocycles. The zero-order valence-electron chi connectivity index (χ0n) is 12.8. The molecule has 0 spiro atoms. The maximum absolute atomic E-state index is 6.30. The van der Waals surface area contributed by atoms with Crippen molar-refractivity contribution in [3.63, 3.8) is 0 Å². The normalized spacial score (nSPS) is 11.9. The lowest BCUT2D eigenvalue weighted by Gasteiger charge is -2.11. The number of nitrogen functional groups attached to an aromatic ring is 1. The fourth-order valence-corrected chi connectivity index (χ4v) is 3.24. The van der Waals surface area contributed by atoms with Gasteiger partial charge in [-0.05, 0) is 58.9 Å². The van der Waals surface area contributed by atoms with E-state index in [2.05, 4.69) is 36.5 Å². The van der Waals surface area contributed by atoms with E-state index in [1.807, 2.05) is 6.07 Å². The number of aryl methyl sites for hydroxylation is 1. The number of unbranched alkanes of at least 4 members (excludes halogenated alkanes) is 1. The maximum atomic E-state index is 6.30. The molecule has 4 heteroatoms. The summed E-state index contributed by atoms with van der Waals surface area (Å²) in [6.45, 7) is 2.22. The van der Waals surface area contributed by atoms with E-state index in [4.69, 9.17) is 23.7 Å². The van der Waals surface area contributed by atoms with Crippen molar-refractivity contribution < 1.29 is 0 Å². The van der Waals surface area contributed by atoms with Gasteiger partial charge in [-0.3, -0.25) is 0 Å². The van der Waals surface area contributed by atoms with E-state index in [-0.39, 0.29) is 5.11 Å². The van der Waals surface area contributed by atoms with E-state index in [0.717, 1.165) is 24.2 Å². The van der Waals surface area contributed by atoms with Crippen molar-refractivity contribution in [1.29, 1.82) is 0 Å². The Morgan fingerprint density at radius 2 is 2.00 bits per heavy atom. The second-order valence-electron chi connectivity index (χ2n) is 5.81. The van der Waals surface area contributed by atoms with Crippen LogP contribution in [0, 0.1) is 0 Å². The molecule has 1 aliphatic carbocycles. The summed E-state index contributed by atoms with van der Waals surface area (Å²) >= 11 is 4.90.